The predicted octanol–water partition coefficient (Wildman–Crippen LogP) is 2.00. The van der Waals surface area contributed by atoms with E-state index < -0.39 is 0 Å². The zero-order chi connectivity index (χ0) is 13.0. The maximum absolute atomic E-state index is 4.44. The van der Waals surface area contributed by atoms with Crippen LogP contribution >= 0.6 is 0 Å². The van der Waals surface area contributed by atoms with E-state index in [-0.39, 0.29) is 5.92 Å². The molecular weight excluding hydrogens is 228 g/mol. The summed E-state index contributed by atoms with van der Waals surface area (Å²) in [6.45, 7) is 7.09. The summed E-state index contributed by atoms with van der Waals surface area (Å²) in [7, 11) is 0. The SMILES string of the molecule is CCCNc1nc(C(C)C)nc(-n2ccnc2)n1. The van der Waals surface area contributed by atoms with Crippen LogP contribution < -0.4 is 5.32 Å². The number of nitrogens with zero attached hydrogens (tertiary/aromatic N) is 5. The molecule has 2 heterocycles. The van der Waals surface area contributed by atoms with E-state index in [4.69, 9.17) is 0 Å². The van der Waals surface area contributed by atoms with Crippen LogP contribution in [0.25, 0.3) is 5.95 Å². The minimum absolute atomic E-state index is 0.262. The highest BCUT2D eigenvalue weighted by atomic mass is 15.2. The summed E-state index contributed by atoms with van der Waals surface area (Å²) in [6, 6.07) is 0. The first-order valence-electron chi connectivity index (χ1n) is 6.19. The molecule has 1 N–H and O–H groups in total. The van der Waals surface area contributed by atoms with Crippen LogP contribution in [0.4, 0.5) is 5.95 Å². The minimum atomic E-state index is 0.262. The van der Waals surface area contributed by atoms with Crippen molar-refractivity contribution in [1.82, 2.24) is 24.5 Å². The second-order valence-corrected chi connectivity index (χ2v) is 4.37. The van der Waals surface area contributed by atoms with Crippen molar-refractivity contribution in [3.63, 3.8) is 0 Å². The van der Waals surface area contributed by atoms with Gasteiger partial charge in [-0.05, 0) is 6.42 Å². The second kappa shape index (κ2) is 5.57. The quantitative estimate of drug-likeness (QED) is 0.874. The standard InChI is InChI=1S/C12H18N6/c1-4-5-14-11-15-10(9(2)3)16-12(17-11)18-7-6-13-8-18/h6-9H,4-5H2,1-3H3,(H,14,15,16,17). The van der Waals surface area contributed by atoms with Crippen LogP contribution in [0.15, 0.2) is 18.7 Å². The van der Waals surface area contributed by atoms with Crippen LogP contribution in [-0.2, 0) is 0 Å². The van der Waals surface area contributed by atoms with E-state index in [1.54, 1.807) is 17.1 Å². The summed E-state index contributed by atoms with van der Waals surface area (Å²) >= 11 is 0. The van der Waals surface area contributed by atoms with Crippen molar-refractivity contribution in [2.24, 2.45) is 0 Å². The molecule has 18 heavy (non-hydrogen) atoms. The molecule has 0 amide bonds. The van der Waals surface area contributed by atoms with Gasteiger partial charge in [-0.2, -0.15) is 15.0 Å². The van der Waals surface area contributed by atoms with E-state index in [2.05, 4.69) is 46.0 Å². The zero-order valence-electron chi connectivity index (χ0n) is 11.0. The molecule has 0 aromatic carbocycles. The normalized spacial score (nSPS) is 10.9. The maximum Gasteiger partial charge on any atom is 0.239 e. The Hall–Kier alpha value is -1.98. The summed E-state index contributed by atoms with van der Waals surface area (Å²) in [5.74, 6) is 2.27. The molecule has 0 unspecified atom stereocenters. The minimum Gasteiger partial charge on any atom is -0.354 e. The fourth-order valence-electron chi connectivity index (χ4n) is 1.45. The van der Waals surface area contributed by atoms with Gasteiger partial charge < -0.3 is 5.32 Å². The summed E-state index contributed by atoms with van der Waals surface area (Å²) in [4.78, 5) is 17.2. The molecule has 6 heteroatoms. The lowest BCUT2D eigenvalue weighted by Crippen LogP contribution is -2.12. The predicted molar refractivity (Wildman–Crippen MR) is 69.8 cm³/mol. The zero-order valence-corrected chi connectivity index (χ0v) is 11.0. The van der Waals surface area contributed by atoms with Crippen molar-refractivity contribution in [2.45, 2.75) is 33.1 Å². The van der Waals surface area contributed by atoms with Crippen molar-refractivity contribution in [2.75, 3.05) is 11.9 Å². The largest absolute Gasteiger partial charge is 0.354 e. The lowest BCUT2D eigenvalue weighted by molar-refractivity contribution is 0.740. The Morgan fingerprint density at radius 2 is 2.11 bits per heavy atom. The van der Waals surface area contributed by atoms with Crippen LogP contribution in [0.3, 0.4) is 0 Å². The average Bonchev–Trinajstić information content (AvgIpc) is 2.89. The maximum atomic E-state index is 4.44. The smallest absolute Gasteiger partial charge is 0.239 e. The first-order chi connectivity index (χ1) is 8.70. The molecule has 0 aliphatic rings. The number of rotatable bonds is 5. The lowest BCUT2D eigenvalue weighted by atomic mass is 10.2. The first-order valence-corrected chi connectivity index (χ1v) is 6.19. The average molecular weight is 246 g/mol. The third kappa shape index (κ3) is 2.82. The number of hydrogen-bond donors (Lipinski definition) is 1. The molecule has 0 atom stereocenters. The van der Waals surface area contributed by atoms with Crippen LogP contribution in [0.1, 0.15) is 38.9 Å². The van der Waals surface area contributed by atoms with Gasteiger partial charge in [-0.15, -0.1) is 0 Å². The summed E-state index contributed by atoms with van der Waals surface area (Å²) < 4.78 is 1.78. The Kier molecular flexibility index (Phi) is 3.86. The van der Waals surface area contributed by atoms with E-state index in [9.17, 15) is 0 Å². The van der Waals surface area contributed by atoms with Gasteiger partial charge in [0.05, 0.1) is 0 Å². The molecule has 2 aromatic heterocycles. The van der Waals surface area contributed by atoms with Gasteiger partial charge >= 0.3 is 0 Å². The van der Waals surface area contributed by atoms with E-state index in [1.807, 2.05) is 6.20 Å². The number of nitrogens with one attached hydrogen (secondary N) is 1. The van der Waals surface area contributed by atoms with Crippen molar-refractivity contribution >= 4 is 5.95 Å². The van der Waals surface area contributed by atoms with Crippen molar-refractivity contribution in [3.8, 4) is 5.95 Å². The number of aromatic nitrogens is 5. The molecule has 6 nitrogen and oxygen atoms in total. The van der Waals surface area contributed by atoms with E-state index in [1.165, 1.54) is 0 Å². The van der Waals surface area contributed by atoms with E-state index in [0.29, 0.717) is 11.9 Å². The van der Waals surface area contributed by atoms with Crippen molar-refractivity contribution in [1.29, 1.82) is 0 Å². The lowest BCUT2D eigenvalue weighted by Gasteiger charge is -2.10. The van der Waals surface area contributed by atoms with Crippen molar-refractivity contribution in [3.05, 3.63) is 24.5 Å². The molecule has 0 fully saturated rings. The topological polar surface area (TPSA) is 68.5 Å². The van der Waals surface area contributed by atoms with Gasteiger partial charge in [-0.3, -0.25) is 4.57 Å². The fourth-order valence-corrected chi connectivity index (χ4v) is 1.45. The number of anilines is 1. The molecule has 0 aliphatic carbocycles. The van der Waals surface area contributed by atoms with E-state index >= 15 is 0 Å². The van der Waals surface area contributed by atoms with Gasteiger partial charge in [0, 0.05) is 24.9 Å². The number of imidazole rings is 1. The Balaban J connectivity index is 2.36. The molecule has 2 aromatic rings. The second-order valence-electron chi connectivity index (χ2n) is 4.37. The van der Waals surface area contributed by atoms with Gasteiger partial charge in [0.1, 0.15) is 12.2 Å². The van der Waals surface area contributed by atoms with Gasteiger partial charge in [-0.25, -0.2) is 4.98 Å². The highest BCUT2D eigenvalue weighted by molar-refractivity contribution is 5.29. The summed E-state index contributed by atoms with van der Waals surface area (Å²) in [6.07, 6.45) is 6.24. The molecule has 0 bridgehead atoms. The molecule has 96 valence electrons. The van der Waals surface area contributed by atoms with Gasteiger partial charge in [0.25, 0.3) is 0 Å². The Morgan fingerprint density at radius 1 is 1.28 bits per heavy atom. The van der Waals surface area contributed by atoms with Gasteiger partial charge in [0.15, 0.2) is 0 Å². The molecule has 0 aliphatic heterocycles. The third-order valence-corrected chi connectivity index (χ3v) is 2.43. The Labute approximate surface area is 107 Å². The fraction of sp³-hybridized carbons (Fsp3) is 0.500. The Bertz CT molecular complexity index is 491. The summed E-state index contributed by atoms with van der Waals surface area (Å²) in [5.41, 5.74) is 0. The molecule has 2 rings (SSSR count). The molecule has 0 saturated heterocycles. The third-order valence-electron chi connectivity index (χ3n) is 2.43. The molecule has 0 radical (unpaired) electrons. The summed E-state index contributed by atoms with van der Waals surface area (Å²) in [5, 5.41) is 3.20. The van der Waals surface area contributed by atoms with E-state index in [0.717, 1.165) is 18.8 Å². The monoisotopic (exact) mass is 246 g/mol. The number of hydrogen-bond acceptors (Lipinski definition) is 5. The van der Waals surface area contributed by atoms with Crippen LogP contribution in [0.5, 0.6) is 0 Å². The Morgan fingerprint density at radius 3 is 2.72 bits per heavy atom. The highest BCUT2D eigenvalue weighted by Crippen LogP contribution is 2.13. The van der Waals surface area contributed by atoms with Crippen LogP contribution in [-0.4, -0.2) is 31.0 Å². The van der Waals surface area contributed by atoms with Gasteiger partial charge in [0.2, 0.25) is 11.9 Å². The van der Waals surface area contributed by atoms with Crippen LogP contribution in [0, 0.1) is 0 Å². The molecule has 0 saturated carbocycles. The highest BCUT2D eigenvalue weighted by Gasteiger charge is 2.10. The van der Waals surface area contributed by atoms with Crippen molar-refractivity contribution < 1.29 is 0 Å². The first kappa shape index (κ1) is 12.5. The molecular formula is C12H18N6. The van der Waals surface area contributed by atoms with Gasteiger partial charge in [-0.1, -0.05) is 20.8 Å². The molecule has 0 spiro atoms. The van der Waals surface area contributed by atoms with Crippen LogP contribution in [0.2, 0.25) is 0 Å².